The van der Waals surface area contributed by atoms with Crippen LogP contribution in [0.1, 0.15) is 25.0 Å². The molecule has 0 aliphatic heterocycles. The molecule has 0 aliphatic carbocycles. The number of aromatic hydroxyl groups is 1. The molecule has 0 amide bonds. The first kappa shape index (κ1) is 13.3. The molecule has 16 heavy (non-hydrogen) atoms. The highest BCUT2D eigenvalue weighted by Crippen LogP contribution is 2.42. The van der Waals surface area contributed by atoms with E-state index in [9.17, 15) is 23.4 Å². The molecular formula is C10H10BrF3O2. The summed E-state index contributed by atoms with van der Waals surface area (Å²) >= 11 is 2.82. The molecule has 0 atom stereocenters. The Labute approximate surface area is 98.8 Å². The highest BCUT2D eigenvalue weighted by Gasteiger charge is 2.36. The molecule has 0 saturated heterocycles. The van der Waals surface area contributed by atoms with Crippen molar-refractivity contribution in [3.05, 3.63) is 27.7 Å². The number of alkyl halides is 3. The Kier molecular flexibility index (Phi) is 3.27. The Morgan fingerprint density at radius 2 is 1.69 bits per heavy atom. The van der Waals surface area contributed by atoms with E-state index >= 15 is 0 Å². The summed E-state index contributed by atoms with van der Waals surface area (Å²) < 4.78 is 37.5. The first-order valence-electron chi connectivity index (χ1n) is 4.36. The van der Waals surface area contributed by atoms with Gasteiger partial charge in [0.25, 0.3) is 0 Å². The van der Waals surface area contributed by atoms with Crippen LogP contribution in [0.2, 0.25) is 0 Å². The molecule has 0 unspecified atom stereocenters. The van der Waals surface area contributed by atoms with Gasteiger partial charge in [0.1, 0.15) is 5.75 Å². The van der Waals surface area contributed by atoms with E-state index in [0.29, 0.717) is 0 Å². The zero-order chi connectivity index (χ0) is 12.7. The molecule has 0 radical (unpaired) electrons. The minimum atomic E-state index is -4.66. The second kappa shape index (κ2) is 3.92. The fourth-order valence-electron chi connectivity index (χ4n) is 1.17. The van der Waals surface area contributed by atoms with Crippen LogP contribution in [0, 0.1) is 0 Å². The van der Waals surface area contributed by atoms with Gasteiger partial charge in [-0.25, -0.2) is 0 Å². The third-order valence-electron chi connectivity index (χ3n) is 2.08. The summed E-state index contributed by atoms with van der Waals surface area (Å²) in [5.74, 6) is -0.875. The smallest absolute Gasteiger partial charge is 0.420 e. The van der Waals surface area contributed by atoms with Gasteiger partial charge in [0, 0.05) is 0 Å². The Bertz CT molecular complexity index is 408. The summed E-state index contributed by atoms with van der Waals surface area (Å²) in [4.78, 5) is 0. The molecule has 2 N–H and O–H groups in total. The number of benzene rings is 1. The lowest BCUT2D eigenvalue weighted by atomic mass is 9.96. The molecule has 6 heteroatoms. The third kappa shape index (κ3) is 2.68. The van der Waals surface area contributed by atoms with Crippen LogP contribution in [0.25, 0.3) is 0 Å². The molecule has 0 bridgehead atoms. The van der Waals surface area contributed by atoms with Gasteiger partial charge in [-0.2, -0.15) is 13.2 Å². The molecule has 2 nitrogen and oxygen atoms in total. The Morgan fingerprint density at radius 1 is 1.19 bits per heavy atom. The van der Waals surface area contributed by atoms with Gasteiger partial charge in [-0.15, -0.1) is 0 Å². The van der Waals surface area contributed by atoms with Crippen LogP contribution in [-0.4, -0.2) is 10.2 Å². The highest BCUT2D eigenvalue weighted by atomic mass is 79.9. The van der Waals surface area contributed by atoms with Gasteiger partial charge in [0.2, 0.25) is 0 Å². The lowest BCUT2D eigenvalue weighted by molar-refractivity contribution is -0.139. The van der Waals surface area contributed by atoms with Crippen molar-refractivity contribution in [2.75, 3.05) is 0 Å². The monoisotopic (exact) mass is 298 g/mol. The van der Waals surface area contributed by atoms with Crippen molar-refractivity contribution in [2.45, 2.75) is 25.6 Å². The molecule has 0 spiro atoms. The number of halogens is 4. The van der Waals surface area contributed by atoms with Crippen LogP contribution < -0.4 is 0 Å². The zero-order valence-corrected chi connectivity index (χ0v) is 10.1. The van der Waals surface area contributed by atoms with Gasteiger partial charge in [-0.1, -0.05) is 0 Å². The van der Waals surface area contributed by atoms with E-state index in [1.165, 1.54) is 19.9 Å². The SMILES string of the molecule is CC(C)(O)c1cc(Br)c(O)c(C(F)(F)F)c1. The molecule has 1 rings (SSSR count). The van der Waals surface area contributed by atoms with Gasteiger partial charge < -0.3 is 10.2 Å². The summed E-state index contributed by atoms with van der Waals surface area (Å²) in [5.41, 5.74) is -2.50. The average molecular weight is 299 g/mol. The van der Waals surface area contributed by atoms with Crippen LogP contribution in [0.5, 0.6) is 5.75 Å². The van der Waals surface area contributed by atoms with Crippen molar-refractivity contribution in [3.8, 4) is 5.75 Å². The number of hydrogen-bond donors (Lipinski definition) is 2. The molecule has 90 valence electrons. The van der Waals surface area contributed by atoms with Crippen molar-refractivity contribution in [2.24, 2.45) is 0 Å². The lowest BCUT2D eigenvalue weighted by Crippen LogP contribution is -2.17. The maximum absolute atomic E-state index is 12.5. The van der Waals surface area contributed by atoms with Gasteiger partial charge >= 0.3 is 6.18 Å². The largest absolute Gasteiger partial charge is 0.506 e. The zero-order valence-electron chi connectivity index (χ0n) is 8.56. The van der Waals surface area contributed by atoms with Crippen molar-refractivity contribution in [3.63, 3.8) is 0 Å². The standard InChI is InChI=1S/C10H10BrF3O2/c1-9(2,16)5-3-6(10(12,13)14)8(15)7(11)4-5/h3-4,15-16H,1-2H3. The van der Waals surface area contributed by atoms with E-state index in [2.05, 4.69) is 15.9 Å². The Hall–Kier alpha value is -0.750. The lowest BCUT2D eigenvalue weighted by Gasteiger charge is -2.20. The van der Waals surface area contributed by atoms with E-state index in [1.54, 1.807) is 0 Å². The van der Waals surface area contributed by atoms with Crippen LogP contribution in [0.3, 0.4) is 0 Å². The first-order chi connectivity index (χ1) is 7.03. The molecule has 0 heterocycles. The maximum Gasteiger partial charge on any atom is 0.420 e. The van der Waals surface area contributed by atoms with E-state index in [-0.39, 0.29) is 10.0 Å². The van der Waals surface area contributed by atoms with E-state index in [0.717, 1.165) is 6.07 Å². The summed E-state index contributed by atoms with van der Waals surface area (Å²) in [5, 5.41) is 18.9. The fraction of sp³-hybridized carbons (Fsp3) is 0.400. The molecule has 0 fully saturated rings. The van der Waals surface area contributed by atoms with Crippen LogP contribution in [0.15, 0.2) is 16.6 Å². The molecule has 0 saturated carbocycles. The number of phenolic OH excluding ortho intramolecular Hbond substituents is 1. The highest BCUT2D eigenvalue weighted by molar-refractivity contribution is 9.10. The predicted molar refractivity (Wildman–Crippen MR) is 56.1 cm³/mol. The van der Waals surface area contributed by atoms with Crippen LogP contribution in [0.4, 0.5) is 13.2 Å². The van der Waals surface area contributed by atoms with Crippen molar-refractivity contribution >= 4 is 15.9 Å². The Morgan fingerprint density at radius 3 is 2.06 bits per heavy atom. The molecule has 0 aliphatic rings. The quantitative estimate of drug-likeness (QED) is 0.834. The van der Waals surface area contributed by atoms with Gasteiger partial charge in [-0.05, 0) is 47.5 Å². The molecule has 1 aromatic carbocycles. The summed E-state index contributed by atoms with van der Waals surface area (Å²) in [7, 11) is 0. The van der Waals surface area contributed by atoms with Crippen molar-refractivity contribution in [1.29, 1.82) is 0 Å². The van der Waals surface area contributed by atoms with Crippen molar-refractivity contribution < 1.29 is 23.4 Å². The van der Waals surface area contributed by atoms with Gasteiger partial charge in [0.15, 0.2) is 0 Å². The van der Waals surface area contributed by atoms with Gasteiger partial charge in [0.05, 0.1) is 15.6 Å². The molecule has 1 aromatic rings. The number of rotatable bonds is 1. The minimum absolute atomic E-state index is 0.0736. The predicted octanol–water partition coefficient (Wildman–Crippen LogP) is 3.40. The van der Waals surface area contributed by atoms with Crippen molar-refractivity contribution in [1.82, 2.24) is 0 Å². The summed E-state index contributed by atoms with van der Waals surface area (Å²) in [6.07, 6.45) is -4.66. The van der Waals surface area contributed by atoms with Crippen LogP contribution >= 0.6 is 15.9 Å². The van der Waals surface area contributed by atoms with E-state index in [1.807, 2.05) is 0 Å². The fourth-order valence-corrected chi connectivity index (χ4v) is 1.63. The number of hydrogen-bond acceptors (Lipinski definition) is 2. The van der Waals surface area contributed by atoms with Gasteiger partial charge in [-0.3, -0.25) is 0 Å². The van der Waals surface area contributed by atoms with E-state index in [4.69, 9.17) is 0 Å². The Balaban J connectivity index is 3.46. The molecular weight excluding hydrogens is 289 g/mol. The molecule has 0 aromatic heterocycles. The summed E-state index contributed by atoms with van der Waals surface area (Å²) in [6.45, 7) is 2.73. The van der Waals surface area contributed by atoms with Crippen LogP contribution in [-0.2, 0) is 11.8 Å². The second-order valence-electron chi connectivity index (χ2n) is 3.91. The topological polar surface area (TPSA) is 40.5 Å². The average Bonchev–Trinajstić information content (AvgIpc) is 2.05. The third-order valence-corrected chi connectivity index (χ3v) is 2.68. The van der Waals surface area contributed by atoms with E-state index < -0.39 is 23.1 Å². The number of aliphatic hydroxyl groups is 1. The minimum Gasteiger partial charge on any atom is -0.506 e. The summed E-state index contributed by atoms with van der Waals surface area (Å²) in [6, 6.07) is 1.99. The second-order valence-corrected chi connectivity index (χ2v) is 4.77. The normalized spacial score (nSPS) is 12.9. The first-order valence-corrected chi connectivity index (χ1v) is 5.15. The maximum atomic E-state index is 12.5. The number of phenols is 1.